The van der Waals surface area contributed by atoms with Crippen molar-refractivity contribution in [2.75, 3.05) is 13.7 Å². The first kappa shape index (κ1) is 13.0. The number of aryl methyl sites for hydroxylation is 2. The van der Waals surface area contributed by atoms with E-state index < -0.39 is 0 Å². The number of nitrogens with one attached hydrogen (secondary N) is 1. The van der Waals surface area contributed by atoms with E-state index in [1.807, 2.05) is 19.9 Å². The fourth-order valence-corrected chi connectivity index (χ4v) is 1.83. The molecule has 0 saturated heterocycles. The average molecular weight is 286 g/mol. The molecule has 1 aromatic carbocycles. The first-order valence-electron chi connectivity index (χ1n) is 5.12. The van der Waals surface area contributed by atoms with Crippen molar-refractivity contribution in [1.82, 2.24) is 5.32 Å². The van der Waals surface area contributed by atoms with Gasteiger partial charge in [-0.05, 0) is 43.0 Å². The second-order valence-electron chi connectivity index (χ2n) is 3.70. The zero-order chi connectivity index (χ0) is 12.1. The predicted octanol–water partition coefficient (Wildman–Crippen LogP) is 2.96. The van der Waals surface area contributed by atoms with Gasteiger partial charge in [0.25, 0.3) is 4.82 Å². The van der Waals surface area contributed by atoms with Gasteiger partial charge in [-0.1, -0.05) is 6.07 Å². The molecule has 0 aliphatic heterocycles. The molecule has 16 heavy (non-hydrogen) atoms. The Morgan fingerprint density at radius 3 is 2.62 bits per heavy atom. The van der Waals surface area contributed by atoms with Crippen LogP contribution in [0.5, 0.6) is 5.75 Å². The van der Waals surface area contributed by atoms with E-state index in [1.54, 1.807) is 7.11 Å². The first-order valence-corrected chi connectivity index (χ1v) is 5.91. The summed E-state index contributed by atoms with van der Waals surface area (Å²) in [5.41, 5.74) is 3.54. The number of methoxy groups -OCH3 is 1. The fraction of sp³-hybridized carbons (Fsp3) is 0.417. The van der Waals surface area contributed by atoms with Crippen molar-refractivity contribution < 1.29 is 9.53 Å². The number of carbonyl (C=O) groups excluding carboxylic acids is 1. The molecule has 0 bridgehead atoms. The monoisotopic (exact) mass is 285 g/mol. The number of rotatable bonds is 4. The largest absolute Gasteiger partial charge is 0.496 e. The molecule has 4 heteroatoms. The highest BCUT2D eigenvalue weighted by atomic mass is 79.9. The van der Waals surface area contributed by atoms with Crippen molar-refractivity contribution in [3.8, 4) is 5.75 Å². The molecule has 0 aliphatic carbocycles. The highest BCUT2D eigenvalue weighted by Crippen LogP contribution is 2.22. The van der Waals surface area contributed by atoms with E-state index in [0.29, 0.717) is 6.54 Å². The number of ether oxygens (including phenoxy) is 1. The summed E-state index contributed by atoms with van der Waals surface area (Å²) in [6.45, 7) is 4.70. The van der Waals surface area contributed by atoms with Crippen LogP contribution in [-0.4, -0.2) is 18.5 Å². The van der Waals surface area contributed by atoms with Crippen LogP contribution >= 0.6 is 15.9 Å². The summed E-state index contributed by atoms with van der Waals surface area (Å²) in [4.78, 5) is 10.5. The van der Waals surface area contributed by atoms with E-state index in [4.69, 9.17) is 4.74 Å². The predicted molar refractivity (Wildman–Crippen MR) is 68.5 cm³/mol. The van der Waals surface area contributed by atoms with Crippen LogP contribution in [0.3, 0.4) is 0 Å². The van der Waals surface area contributed by atoms with Crippen molar-refractivity contribution in [2.24, 2.45) is 0 Å². The van der Waals surface area contributed by atoms with Crippen LogP contribution in [0.25, 0.3) is 0 Å². The Morgan fingerprint density at radius 1 is 1.38 bits per heavy atom. The van der Waals surface area contributed by atoms with E-state index in [-0.39, 0.29) is 4.82 Å². The van der Waals surface area contributed by atoms with Gasteiger partial charge in [0.05, 0.1) is 7.11 Å². The summed E-state index contributed by atoms with van der Waals surface area (Å²) < 4.78 is 5.25. The van der Waals surface area contributed by atoms with Gasteiger partial charge >= 0.3 is 0 Å². The molecule has 0 atom stereocenters. The summed E-state index contributed by atoms with van der Waals surface area (Å²) in [5.74, 6) is 0.908. The highest BCUT2D eigenvalue weighted by Gasteiger charge is 2.04. The van der Waals surface area contributed by atoms with E-state index in [2.05, 4.69) is 27.3 Å². The number of benzene rings is 1. The van der Waals surface area contributed by atoms with Gasteiger partial charge in [0, 0.05) is 22.5 Å². The molecule has 0 heterocycles. The summed E-state index contributed by atoms with van der Waals surface area (Å²) in [6, 6.07) is 4.13. The van der Waals surface area contributed by atoms with Gasteiger partial charge in [-0.25, -0.2) is 0 Å². The molecule has 0 radical (unpaired) electrons. The number of amides is 1. The van der Waals surface area contributed by atoms with Gasteiger partial charge in [0.1, 0.15) is 5.75 Å². The zero-order valence-electron chi connectivity index (χ0n) is 9.76. The summed E-state index contributed by atoms with van der Waals surface area (Å²) >= 11 is 2.83. The maximum atomic E-state index is 10.7. The summed E-state index contributed by atoms with van der Waals surface area (Å²) in [6.07, 6.45) is 0.827. The van der Waals surface area contributed by atoms with E-state index >= 15 is 0 Å². The Morgan fingerprint density at radius 2 is 2.06 bits per heavy atom. The van der Waals surface area contributed by atoms with Crippen LogP contribution in [0.1, 0.15) is 16.7 Å². The normalized spacial score (nSPS) is 10.0. The van der Waals surface area contributed by atoms with Gasteiger partial charge in [-0.2, -0.15) is 0 Å². The van der Waals surface area contributed by atoms with Crippen LogP contribution in [0.15, 0.2) is 12.1 Å². The minimum absolute atomic E-state index is 0.171. The van der Waals surface area contributed by atoms with Crippen molar-refractivity contribution >= 4 is 20.7 Å². The summed E-state index contributed by atoms with van der Waals surface area (Å²) in [5, 5.41) is 2.72. The van der Waals surface area contributed by atoms with Gasteiger partial charge < -0.3 is 10.1 Å². The van der Waals surface area contributed by atoms with Gasteiger partial charge in [-0.15, -0.1) is 0 Å². The fourth-order valence-electron chi connectivity index (χ4n) is 1.63. The van der Waals surface area contributed by atoms with Crippen LogP contribution in [-0.2, 0) is 6.42 Å². The topological polar surface area (TPSA) is 38.3 Å². The van der Waals surface area contributed by atoms with Crippen LogP contribution in [0.4, 0.5) is 4.79 Å². The number of hydrogen-bond acceptors (Lipinski definition) is 2. The maximum absolute atomic E-state index is 10.7. The van der Waals surface area contributed by atoms with Crippen LogP contribution < -0.4 is 10.1 Å². The van der Waals surface area contributed by atoms with E-state index in [0.717, 1.165) is 17.7 Å². The molecule has 0 saturated carbocycles. The first-order chi connectivity index (χ1) is 7.54. The average Bonchev–Trinajstić information content (AvgIpc) is 2.22. The third-order valence-electron chi connectivity index (χ3n) is 2.51. The summed E-state index contributed by atoms with van der Waals surface area (Å²) in [7, 11) is 1.67. The van der Waals surface area contributed by atoms with Crippen LogP contribution in [0, 0.1) is 13.8 Å². The molecule has 1 aromatic rings. The lowest BCUT2D eigenvalue weighted by molar-refractivity contribution is 0.262. The van der Waals surface area contributed by atoms with Crippen molar-refractivity contribution in [1.29, 1.82) is 0 Å². The third-order valence-corrected chi connectivity index (χ3v) is 2.79. The van der Waals surface area contributed by atoms with Gasteiger partial charge in [0.2, 0.25) is 0 Å². The molecule has 0 unspecified atom stereocenters. The zero-order valence-corrected chi connectivity index (χ0v) is 11.3. The number of halogens is 1. The number of carbonyl (C=O) groups is 1. The molecule has 0 fully saturated rings. The molecule has 3 nitrogen and oxygen atoms in total. The van der Waals surface area contributed by atoms with Crippen LogP contribution in [0.2, 0.25) is 0 Å². The van der Waals surface area contributed by atoms with Crippen molar-refractivity contribution in [3.63, 3.8) is 0 Å². The molecule has 0 aromatic heterocycles. The smallest absolute Gasteiger partial charge is 0.287 e. The second-order valence-corrected chi connectivity index (χ2v) is 4.42. The van der Waals surface area contributed by atoms with Gasteiger partial charge in [0.15, 0.2) is 0 Å². The lowest BCUT2D eigenvalue weighted by Crippen LogP contribution is -2.19. The second kappa shape index (κ2) is 5.89. The number of hydrogen-bond donors (Lipinski definition) is 1. The molecule has 0 spiro atoms. The SMILES string of the molecule is COc1cc(C)c(CCNC(=O)Br)cc1C. The minimum Gasteiger partial charge on any atom is -0.496 e. The molecular weight excluding hydrogens is 270 g/mol. The molecule has 88 valence electrons. The highest BCUT2D eigenvalue weighted by molar-refractivity contribution is 9.18. The maximum Gasteiger partial charge on any atom is 0.287 e. The van der Waals surface area contributed by atoms with Gasteiger partial charge in [-0.3, -0.25) is 4.79 Å². The lowest BCUT2D eigenvalue weighted by Gasteiger charge is -2.11. The minimum atomic E-state index is -0.171. The molecule has 0 aliphatic rings. The lowest BCUT2D eigenvalue weighted by atomic mass is 10.0. The Kier molecular flexibility index (Phi) is 4.80. The Balaban J connectivity index is 2.73. The van der Waals surface area contributed by atoms with E-state index in [1.165, 1.54) is 11.1 Å². The quantitative estimate of drug-likeness (QED) is 0.682. The van der Waals surface area contributed by atoms with E-state index in [9.17, 15) is 4.79 Å². The standard InChI is InChI=1S/C12H16BrNO2/c1-8-7-11(16-3)9(2)6-10(8)4-5-14-12(13)15/h6-7H,4-5H2,1-3H3,(H,14,15). The molecule has 1 N–H and O–H groups in total. The Labute approximate surface area is 104 Å². The molecule has 1 rings (SSSR count). The molecular formula is C12H16BrNO2. The third kappa shape index (κ3) is 3.52. The van der Waals surface area contributed by atoms with Crippen molar-refractivity contribution in [2.45, 2.75) is 20.3 Å². The Hall–Kier alpha value is -1.03. The molecule has 1 amide bonds. The Bertz CT molecular complexity index is 391. The van der Waals surface area contributed by atoms with Crippen molar-refractivity contribution in [3.05, 3.63) is 28.8 Å².